The first-order valence-electron chi connectivity index (χ1n) is 9.27. The SMILES string of the molecule is CCC(C)Oc1ccc(C=NNC(=O)c2cc3cc([N+](=O)[O-])ccc3s2)cc1OC. The largest absolute Gasteiger partial charge is 0.493 e. The van der Waals surface area contributed by atoms with E-state index < -0.39 is 10.8 Å². The van der Waals surface area contributed by atoms with Gasteiger partial charge in [-0.05, 0) is 49.2 Å². The van der Waals surface area contributed by atoms with Gasteiger partial charge < -0.3 is 9.47 Å². The molecule has 9 heteroatoms. The Balaban J connectivity index is 1.69. The number of hydrogen-bond acceptors (Lipinski definition) is 7. The van der Waals surface area contributed by atoms with Crippen molar-refractivity contribution in [3.8, 4) is 11.5 Å². The molecule has 2 aromatic carbocycles. The number of hydrazone groups is 1. The number of nitro benzene ring substituents is 1. The summed E-state index contributed by atoms with van der Waals surface area (Å²) in [5.74, 6) is 0.836. The van der Waals surface area contributed by atoms with Gasteiger partial charge in [-0.2, -0.15) is 5.10 Å². The summed E-state index contributed by atoms with van der Waals surface area (Å²) in [5.41, 5.74) is 3.19. The van der Waals surface area contributed by atoms with Crippen LogP contribution in [0.4, 0.5) is 5.69 Å². The van der Waals surface area contributed by atoms with Crippen LogP contribution in [0.5, 0.6) is 11.5 Å². The van der Waals surface area contributed by atoms with E-state index in [2.05, 4.69) is 10.5 Å². The molecule has 0 bridgehead atoms. The monoisotopic (exact) mass is 427 g/mol. The third-order valence-electron chi connectivity index (χ3n) is 4.40. The first-order valence-corrected chi connectivity index (χ1v) is 10.1. The molecule has 1 aromatic heterocycles. The van der Waals surface area contributed by atoms with Crippen molar-refractivity contribution in [2.75, 3.05) is 7.11 Å². The number of carbonyl (C=O) groups is 1. The first kappa shape index (κ1) is 21.3. The molecule has 0 aliphatic rings. The van der Waals surface area contributed by atoms with Gasteiger partial charge in [0.15, 0.2) is 11.5 Å². The molecule has 1 atom stereocenters. The standard InChI is InChI=1S/C21H21N3O5S/c1-4-13(2)29-17-7-5-14(9-18(17)28-3)12-22-23-21(25)20-11-15-10-16(24(26)27)6-8-19(15)30-20/h5-13H,4H2,1-3H3,(H,23,25). The Labute approximate surface area is 177 Å². The lowest BCUT2D eigenvalue weighted by molar-refractivity contribution is -0.384. The molecule has 0 radical (unpaired) electrons. The molecule has 1 heterocycles. The zero-order chi connectivity index (χ0) is 21.7. The Morgan fingerprint density at radius 3 is 2.77 bits per heavy atom. The molecule has 0 saturated carbocycles. The second kappa shape index (κ2) is 9.36. The Hall–Kier alpha value is -3.46. The first-order chi connectivity index (χ1) is 14.4. The van der Waals surface area contributed by atoms with E-state index in [9.17, 15) is 14.9 Å². The number of benzene rings is 2. The van der Waals surface area contributed by atoms with Crippen LogP contribution in [0.1, 0.15) is 35.5 Å². The van der Waals surface area contributed by atoms with Gasteiger partial charge in [-0.25, -0.2) is 5.43 Å². The molecule has 0 saturated heterocycles. The number of methoxy groups -OCH3 is 1. The number of amides is 1. The number of carbonyl (C=O) groups excluding carboxylic acids is 1. The van der Waals surface area contributed by atoms with Crippen LogP contribution >= 0.6 is 11.3 Å². The van der Waals surface area contributed by atoms with Crippen molar-refractivity contribution in [2.24, 2.45) is 5.10 Å². The van der Waals surface area contributed by atoms with Gasteiger partial charge >= 0.3 is 0 Å². The fourth-order valence-electron chi connectivity index (χ4n) is 2.64. The number of nitro groups is 1. The third-order valence-corrected chi connectivity index (χ3v) is 5.52. The number of ether oxygens (including phenoxy) is 2. The molecule has 0 fully saturated rings. The van der Waals surface area contributed by atoms with Crippen molar-refractivity contribution in [1.29, 1.82) is 0 Å². The van der Waals surface area contributed by atoms with Gasteiger partial charge in [0.05, 0.1) is 29.2 Å². The predicted octanol–water partition coefficient (Wildman–Crippen LogP) is 4.76. The van der Waals surface area contributed by atoms with E-state index in [4.69, 9.17) is 9.47 Å². The van der Waals surface area contributed by atoms with E-state index in [1.165, 1.54) is 29.7 Å². The zero-order valence-electron chi connectivity index (χ0n) is 16.7. The second-order valence-corrected chi connectivity index (χ2v) is 7.62. The van der Waals surface area contributed by atoms with Gasteiger partial charge in [0.25, 0.3) is 11.6 Å². The maximum Gasteiger partial charge on any atom is 0.281 e. The molecule has 8 nitrogen and oxygen atoms in total. The van der Waals surface area contributed by atoms with Gasteiger partial charge in [-0.1, -0.05) is 6.92 Å². The summed E-state index contributed by atoms with van der Waals surface area (Å²) in [6, 6.07) is 11.5. The fourth-order valence-corrected chi connectivity index (χ4v) is 3.57. The predicted molar refractivity (Wildman–Crippen MR) is 117 cm³/mol. The average molecular weight is 427 g/mol. The number of non-ortho nitro benzene ring substituents is 1. The lowest BCUT2D eigenvalue weighted by atomic mass is 10.2. The molecular formula is C21H21N3O5S. The van der Waals surface area contributed by atoms with Gasteiger partial charge in [0.1, 0.15) is 0 Å². The van der Waals surface area contributed by atoms with Crippen LogP contribution in [0.15, 0.2) is 47.6 Å². The minimum Gasteiger partial charge on any atom is -0.493 e. The number of nitrogens with one attached hydrogen (secondary N) is 1. The maximum absolute atomic E-state index is 12.4. The van der Waals surface area contributed by atoms with Crippen molar-refractivity contribution in [3.05, 3.63) is 63.0 Å². The molecule has 30 heavy (non-hydrogen) atoms. The molecule has 0 aliphatic carbocycles. The van der Waals surface area contributed by atoms with Crippen molar-refractivity contribution < 1.29 is 19.2 Å². The molecule has 1 amide bonds. The van der Waals surface area contributed by atoms with Crippen LogP contribution < -0.4 is 14.9 Å². The van der Waals surface area contributed by atoms with Crippen LogP contribution in [-0.4, -0.2) is 30.3 Å². The van der Waals surface area contributed by atoms with E-state index in [0.29, 0.717) is 21.8 Å². The van der Waals surface area contributed by atoms with E-state index in [0.717, 1.165) is 16.7 Å². The summed E-state index contributed by atoms with van der Waals surface area (Å²) in [6.45, 7) is 4.02. The van der Waals surface area contributed by atoms with Crippen molar-refractivity contribution in [3.63, 3.8) is 0 Å². The van der Waals surface area contributed by atoms with Crippen molar-refractivity contribution in [2.45, 2.75) is 26.4 Å². The van der Waals surface area contributed by atoms with Gasteiger partial charge in [0.2, 0.25) is 0 Å². The number of thiophene rings is 1. The summed E-state index contributed by atoms with van der Waals surface area (Å²) in [6.07, 6.45) is 2.45. The van der Waals surface area contributed by atoms with Crippen LogP contribution in [-0.2, 0) is 0 Å². The Bertz CT molecular complexity index is 1110. The molecule has 1 N–H and O–H groups in total. The molecule has 0 aliphatic heterocycles. The lowest BCUT2D eigenvalue weighted by Crippen LogP contribution is -2.16. The molecule has 0 spiro atoms. The summed E-state index contributed by atoms with van der Waals surface area (Å²) < 4.78 is 12.0. The van der Waals surface area contributed by atoms with Gasteiger partial charge in [-0.15, -0.1) is 11.3 Å². The Kier molecular flexibility index (Phi) is 6.63. The smallest absolute Gasteiger partial charge is 0.281 e. The fraction of sp³-hybridized carbons (Fsp3) is 0.238. The average Bonchev–Trinajstić information content (AvgIpc) is 3.17. The van der Waals surface area contributed by atoms with E-state index >= 15 is 0 Å². The van der Waals surface area contributed by atoms with E-state index in [1.807, 2.05) is 19.9 Å². The van der Waals surface area contributed by atoms with E-state index in [-0.39, 0.29) is 11.8 Å². The maximum atomic E-state index is 12.4. The van der Waals surface area contributed by atoms with Crippen molar-refractivity contribution in [1.82, 2.24) is 5.43 Å². The minimum atomic E-state index is -0.464. The lowest BCUT2D eigenvalue weighted by Gasteiger charge is -2.15. The quantitative estimate of drug-likeness (QED) is 0.317. The zero-order valence-corrected chi connectivity index (χ0v) is 17.6. The number of hydrogen-bond donors (Lipinski definition) is 1. The summed E-state index contributed by atoms with van der Waals surface area (Å²) >= 11 is 1.24. The molecular weight excluding hydrogens is 406 g/mol. The van der Waals surface area contributed by atoms with Crippen LogP contribution in [0.3, 0.4) is 0 Å². The molecule has 156 valence electrons. The van der Waals surface area contributed by atoms with Crippen LogP contribution in [0, 0.1) is 10.1 Å². The highest BCUT2D eigenvalue weighted by molar-refractivity contribution is 7.20. The molecule has 3 aromatic rings. The summed E-state index contributed by atoms with van der Waals surface area (Å²) in [7, 11) is 1.56. The highest BCUT2D eigenvalue weighted by Gasteiger charge is 2.13. The summed E-state index contributed by atoms with van der Waals surface area (Å²) in [4.78, 5) is 23.2. The highest BCUT2D eigenvalue weighted by atomic mass is 32.1. The minimum absolute atomic E-state index is 0.0139. The third kappa shape index (κ3) is 4.93. The highest BCUT2D eigenvalue weighted by Crippen LogP contribution is 2.30. The Morgan fingerprint density at radius 2 is 2.07 bits per heavy atom. The topological polar surface area (TPSA) is 103 Å². The molecule has 1 unspecified atom stereocenters. The van der Waals surface area contributed by atoms with Crippen LogP contribution in [0.2, 0.25) is 0 Å². The van der Waals surface area contributed by atoms with E-state index in [1.54, 1.807) is 31.4 Å². The van der Waals surface area contributed by atoms with Crippen LogP contribution in [0.25, 0.3) is 10.1 Å². The second-order valence-electron chi connectivity index (χ2n) is 6.54. The number of nitrogens with zero attached hydrogens (tertiary/aromatic N) is 2. The summed E-state index contributed by atoms with van der Waals surface area (Å²) in [5, 5.41) is 15.5. The Morgan fingerprint density at radius 1 is 1.27 bits per heavy atom. The molecule has 3 rings (SSSR count). The van der Waals surface area contributed by atoms with Gasteiger partial charge in [0, 0.05) is 22.2 Å². The normalized spacial score (nSPS) is 12.1. The van der Waals surface area contributed by atoms with Crippen molar-refractivity contribution >= 4 is 39.2 Å². The number of fused-ring (bicyclic) bond motifs is 1. The van der Waals surface area contributed by atoms with Gasteiger partial charge in [-0.3, -0.25) is 14.9 Å². The number of rotatable bonds is 8.